The molecule has 1 aliphatic heterocycles. The minimum absolute atomic E-state index is 0.160. The first-order chi connectivity index (χ1) is 14.9. The first-order valence-corrected chi connectivity index (χ1v) is 9.94. The van der Waals surface area contributed by atoms with Gasteiger partial charge in [-0.2, -0.15) is 0 Å². The number of nitrogens with one attached hydrogen (secondary N) is 1. The zero-order chi connectivity index (χ0) is 22.5. The molecule has 4 N–H and O–H groups in total. The highest BCUT2D eigenvalue weighted by molar-refractivity contribution is 5.96. The highest BCUT2D eigenvalue weighted by Crippen LogP contribution is 2.34. The third kappa shape index (κ3) is 5.01. The van der Waals surface area contributed by atoms with Gasteiger partial charge in [-0.05, 0) is 42.3 Å². The number of hydrogen-bond donors (Lipinski definition) is 4. The van der Waals surface area contributed by atoms with Crippen molar-refractivity contribution in [1.82, 2.24) is 5.32 Å². The molecule has 162 valence electrons. The van der Waals surface area contributed by atoms with E-state index < -0.39 is 24.4 Å². The second-order valence-electron chi connectivity index (χ2n) is 7.47. The topological polar surface area (TPSA) is 116 Å². The van der Waals surface area contributed by atoms with Gasteiger partial charge in [0.2, 0.25) is 0 Å². The maximum atomic E-state index is 11.9. The van der Waals surface area contributed by atoms with Gasteiger partial charge in [-0.15, -0.1) is 0 Å². The summed E-state index contributed by atoms with van der Waals surface area (Å²) in [7, 11) is 1.51. The van der Waals surface area contributed by atoms with Crippen LogP contribution in [0, 0.1) is 18.8 Å². The third-order valence-electron chi connectivity index (χ3n) is 5.36. The Kier molecular flexibility index (Phi) is 7.21. The Hall–Kier alpha value is -3.02. The van der Waals surface area contributed by atoms with Crippen LogP contribution in [0.25, 0.3) is 0 Å². The van der Waals surface area contributed by atoms with Gasteiger partial charge in [-0.25, -0.2) is 0 Å². The average Bonchev–Trinajstić information content (AvgIpc) is 2.79. The lowest BCUT2D eigenvalue weighted by molar-refractivity contribution is -0.179. The fourth-order valence-corrected chi connectivity index (χ4v) is 3.63. The molecule has 1 aliphatic rings. The van der Waals surface area contributed by atoms with E-state index in [1.165, 1.54) is 13.1 Å². The molecule has 1 saturated heterocycles. The van der Waals surface area contributed by atoms with E-state index in [2.05, 4.69) is 17.2 Å². The van der Waals surface area contributed by atoms with Crippen LogP contribution in [0.3, 0.4) is 0 Å². The number of aldehydes is 1. The maximum Gasteiger partial charge on any atom is 0.251 e. The maximum absolute atomic E-state index is 11.9. The van der Waals surface area contributed by atoms with Crippen LogP contribution in [0.4, 0.5) is 0 Å². The second-order valence-corrected chi connectivity index (χ2v) is 7.47. The van der Waals surface area contributed by atoms with Crippen LogP contribution in [0.2, 0.25) is 0 Å². The van der Waals surface area contributed by atoms with E-state index in [0.29, 0.717) is 34.1 Å². The summed E-state index contributed by atoms with van der Waals surface area (Å²) in [5, 5.41) is 32.5. The molecule has 2 aromatic carbocycles. The second kappa shape index (κ2) is 9.86. The Labute approximate surface area is 180 Å². The molecule has 0 radical (unpaired) electrons. The van der Waals surface area contributed by atoms with Crippen molar-refractivity contribution in [2.45, 2.75) is 37.8 Å². The van der Waals surface area contributed by atoms with Crippen molar-refractivity contribution in [2.24, 2.45) is 0 Å². The summed E-state index contributed by atoms with van der Waals surface area (Å²) in [6.07, 6.45) is -2.65. The van der Waals surface area contributed by atoms with Gasteiger partial charge in [0.25, 0.3) is 5.91 Å². The fraction of sp³-hybridized carbons (Fsp3) is 0.333. The highest BCUT2D eigenvalue weighted by atomic mass is 16.5. The van der Waals surface area contributed by atoms with Crippen LogP contribution >= 0.6 is 0 Å². The van der Waals surface area contributed by atoms with Crippen LogP contribution in [-0.2, 0) is 4.74 Å². The number of aliphatic hydroxyl groups excluding tert-OH is 3. The van der Waals surface area contributed by atoms with Crippen molar-refractivity contribution < 1.29 is 29.6 Å². The molecular formula is C24H25NO6. The van der Waals surface area contributed by atoms with E-state index in [9.17, 15) is 24.9 Å². The Morgan fingerprint density at radius 2 is 2.03 bits per heavy atom. The highest BCUT2D eigenvalue weighted by Gasteiger charge is 2.38. The van der Waals surface area contributed by atoms with Crippen molar-refractivity contribution in [3.63, 3.8) is 0 Å². The van der Waals surface area contributed by atoms with Gasteiger partial charge in [-0.1, -0.05) is 24.0 Å². The van der Waals surface area contributed by atoms with Gasteiger partial charge < -0.3 is 25.4 Å². The van der Waals surface area contributed by atoms with Crippen LogP contribution in [0.1, 0.15) is 55.5 Å². The van der Waals surface area contributed by atoms with E-state index in [-0.39, 0.29) is 18.9 Å². The summed E-state index contributed by atoms with van der Waals surface area (Å²) < 4.78 is 5.80. The smallest absolute Gasteiger partial charge is 0.251 e. The number of aliphatic hydroxyl groups is 3. The number of ether oxygens (including phenoxy) is 1. The van der Waals surface area contributed by atoms with Crippen molar-refractivity contribution in [1.29, 1.82) is 0 Å². The predicted molar refractivity (Wildman–Crippen MR) is 114 cm³/mol. The molecule has 0 saturated carbocycles. The largest absolute Gasteiger partial charge is 0.394 e. The number of benzene rings is 2. The Bertz CT molecular complexity index is 1040. The molecule has 3 unspecified atom stereocenters. The lowest BCUT2D eigenvalue weighted by Gasteiger charge is -2.37. The minimum atomic E-state index is -1.12. The SMILES string of the molecule is CNC(=O)c1cc(C#Cc2cccc([C@H]3OC(CO)CC(O)C3O)c2C)cc(C=O)c1. The third-order valence-corrected chi connectivity index (χ3v) is 5.36. The number of rotatable bonds is 4. The quantitative estimate of drug-likeness (QED) is 0.433. The summed E-state index contributed by atoms with van der Waals surface area (Å²) in [6, 6.07) is 10.1. The Morgan fingerprint density at radius 1 is 1.26 bits per heavy atom. The van der Waals surface area contributed by atoms with Crippen molar-refractivity contribution in [3.05, 3.63) is 69.8 Å². The van der Waals surface area contributed by atoms with Crippen molar-refractivity contribution >= 4 is 12.2 Å². The van der Waals surface area contributed by atoms with Gasteiger partial charge in [-0.3, -0.25) is 9.59 Å². The van der Waals surface area contributed by atoms with Crippen molar-refractivity contribution in [3.8, 4) is 11.8 Å². The first-order valence-electron chi connectivity index (χ1n) is 9.94. The lowest BCUT2D eigenvalue weighted by atomic mass is 9.89. The molecule has 1 amide bonds. The molecule has 1 heterocycles. The number of carbonyl (C=O) groups is 2. The standard InChI is InChI=1S/C24H25NO6/c1-14-17(7-6-15-8-16(12-26)10-18(9-15)24(30)25-2)4-3-5-20(14)23-22(29)21(28)11-19(13-27)31-23/h3-5,8-10,12,19,21-23,27-29H,11,13H2,1-2H3,(H,25,30)/t19?,21?,22?,23-/m1/s1. The summed E-state index contributed by atoms with van der Waals surface area (Å²) in [5.41, 5.74) is 3.31. The zero-order valence-electron chi connectivity index (χ0n) is 17.3. The summed E-state index contributed by atoms with van der Waals surface area (Å²) in [4.78, 5) is 23.2. The number of amides is 1. The zero-order valence-corrected chi connectivity index (χ0v) is 17.3. The van der Waals surface area contributed by atoms with Crippen LogP contribution in [-0.4, -0.2) is 59.5 Å². The average molecular weight is 423 g/mol. The predicted octanol–water partition coefficient (Wildman–Crippen LogP) is 1.11. The molecule has 31 heavy (non-hydrogen) atoms. The summed E-state index contributed by atoms with van der Waals surface area (Å²) >= 11 is 0. The van der Waals surface area contributed by atoms with Crippen LogP contribution < -0.4 is 5.32 Å². The Balaban J connectivity index is 1.96. The molecule has 3 rings (SSSR count). The van der Waals surface area contributed by atoms with Gasteiger partial charge in [0, 0.05) is 35.7 Å². The van der Waals surface area contributed by atoms with Gasteiger partial charge >= 0.3 is 0 Å². The van der Waals surface area contributed by atoms with Gasteiger partial charge in [0.15, 0.2) is 0 Å². The molecular weight excluding hydrogens is 398 g/mol. The monoisotopic (exact) mass is 423 g/mol. The molecule has 0 bridgehead atoms. The molecule has 4 atom stereocenters. The molecule has 2 aromatic rings. The van der Waals surface area contributed by atoms with Crippen LogP contribution in [0.5, 0.6) is 0 Å². The van der Waals surface area contributed by atoms with E-state index in [1.54, 1.807) is 24.3 Å². The van der Waals surface area contributed by atoms with Gasteiger partial charge in [0.1, 0.15) is 18.5 Å². The number of carbonyl (C=O) groups excluding carboxylic acids is 2. The minimum Gasteiger partial charge on any atom is -0.394 e. The molecule has 7 nitrogen and oxygen atoms in total. The molecule has 0 aromatic heterocycles. The Morgan fingerprint density at radius 3 is 2.71 bits per heavy atom. The van der Waals surface area contributed by atoms with E-state index in [4.69, 9.17) is 4.74 Å². The van der Waals surface area contributed by atoms with E-state index in [1.807, 2.05) is 13.0 Å². The number of hydrogen-bond acceptors (Lipinski definition) is 6. The normalized spacial score (nSPS) is 22.9. The van der Waals surface area contributed by atoms with Crippen LogP contribution in [0.15, 0.2) is 36.4 Å². The summed E-state index contributed by atoms with van der Waals surface area (Å²) in [5.74, 6) is 5.72. The van der Waals surface area contributed by atoms with E-state index in [0.717, 1.165) is 5.56 Å². The lowest BCUT2D eigenvalue weighted by Crippen LogP contribution is -2.44. The molecule has 7 heteroatoms. The first kappa shape index (κ1) is 22.7. The molecule has 0 aliphatic carbocycles. The van der Waals surface area contributed by atoms with Crippen molar-refractivity contribution in [2.75, 3.05) is 13.7 Å². The van der Waals surface area contributed by atoms with E-state index >= 15 is 0 Å². The molecule has 1 fully saturated rings. The molecule has 0 spiro atoms. The fourth-order valence-electron chi connectivity index (χ4n) is 3.63. The van der Waals surface area contributed by atoms with Gasteiger partial charge in [0.05, 0.1) is 18.8 Å². The summed E-state index contributed by atoms with van der Waals surface area (Å²) in [6.45, 7) is 1.59.